The summed E-state index contributed by atoms with van der Waals surface area (Å²) in [4.78, 5) is 2.71. The summed E-state index contributed by atoms with van der Waals surface area (Å²) in [6.07, 6.45) is 13.0. The number of aliphatic hydroxyl groups is 1. The molecule has 0 saturated heterocycles. The quantitative estimate of drug-likeness (QED) is 0.603. The van der Waals surface area contributed by atoms with Crippen LogP contribution in [0.5, 0.6) is 0 Å². The number of aromatic nitrogens is 1. The van der Waals surface area contributed by atoms with Crippen molar-refractivity contribution in [1.82, 2.24) is 9.47 Å². The van der Waals surface area contributed by atoms with Gasteiger partial charge in [0.05, 0.1) is 23.2 Å². The van der Waals surface area contributed by atoms with Crippen LogP contribution in [0.15, 0.2) is 18.2 Å². The number of nitrogens with zero attached hydrogens (tertiary/aromatic N) is 2. The Morgan fingerprint density at radius 2 is 1.59 bits per heavy atom. The summed E-state index contributed by atoms with van der Waals surface area (Å²) in [6.45, 7) is 5.72. The van der Waals surface area contributed by atoms with E-state index in [1.165, 1.54) is 80.9 Å². The Bertz CT molecular complexity index is 800. The molecule has 0 radical (unpaired) electrons. The fraction of sp³-hybridized carbons (Fsp3) is 0.680. The molecule has 1 aromatic carbocycles. The van der Waals surface area contributed by atoms with Gasteiger partial charge in [-0.05, 0) is 51.2 Å². The van der Waals surface area contributed by atoms with Crippen LogP contribution in [0, 0.1) is 13.8 Å². The zero-order valence-corrected chi connectivity index (χ0v) is 18.9. The van der Waals surface area contributed by atoms with Crippen molar-refractivity contribution in [3.8, 4) is 0 Å². The van der Waals surface area contributed by atoms with Crippen LogP contribution in [0.1, 0.15) is 75.5 Å². The molecule has 0 unspecified atom stereocenters. The van der Waals surface area contributed by atoms with Crippen molar-refractivity contribution in [2.75, 3.05) is 6.54 Å². The first-order chi connectivity index (χ1) is 14.1. The molecule has 3 nitrogen and oxygen atoms in total. The van der Waals surface area contributed by atoms with Crippen molar-refractivity contribution < 1.29 is 5.11 Å². The largest absolute Gasteiger partial charge is 0.390 e. The Labute approximate surface area is 181 Å². The third-order valence-corrected chi connectivity index (χ3v) is 7.82. The lowest BCUT2D eigenvalue weighted by Gasteiger charge is -2.42. The van der Waals surface area contributed by atoms with Crippen molar-refractivity contribution >= 4 is 22.5 Å². The third-order valence-electron chi connectivity index (χ3n) is 7.51. The van der Waals surface area contributed by atoms with Crippen LogP contribution in [-0.2, 0) is 6.54 Å². The van der Waals surface area contributed by atoms with Gasteiger partial charge in [-0.1, -0.05) is 62.3 Å². The zero-order chi connectivity index (χ0) is 20.4. The monoisotopic (exact) mass is 416 g/mol. The van der Waals surface area contributed by atoms with Crippen LogP contribution >= 0.6 is 11.6 Å². The molecule has 2 aliphatic carbocycles. The molecule has 0 amide bonds. The van der Waals surface area contributed by atoms with Crippen molar-refractivity contribution in [1.29, 1.82) is 0 Å². The van der Waals surface area contributed by atoms with Crippen molar-refractivity contribution in [2.45, 2.75) is 103 Å². The van der Waals surface area contributed by atoms with E-state index in [0.29, 0.717) is 18.6 Å². The fourth-order valence-corrected chi connectivity index (χ4v) is 6.10. The van der Waals surface area contributed by atoms with Gasteiger partial charge in [-0.2, -0.15) is 0 Å². The van der Waals surface area contributed by atoms with Crippen LogP contribution < -0.4 is 0 Å². The SMILES string of the molecule is Cc1c(C)n(C[C@@H](O)CN(C2CCCCC2)C2CCCCC2)c2c(Cl)cccc12. The number of rotatable bonds is 6. The van der Waals surface area contributed by atoms with Gasteiger partial charge in [0.2, 0.25) is 0 Å². The standard InChI is InChI=1S/C25H37ClN2O/c1-18-19(2)27(25-23(18)14-9-15-24(25)26)16-22(29)17-28(20-10-5-3-6-11-20)21-12-7-4-8-13-21/h9,14-15,20-22,29H,3-8,10-13,16-17H2,1-2H3/t22-/m1/s1. The van der Waals surface area contributed by atoms with E-state index in [1.807, 2.05) is 12.1 Å². The van der Waals surface area contributed by atoms with Crippen LogP contribution in [0.2, 0.25) is 5.02 Å². The highest BCUT2D eigenvalue weighted by molar-refractivity contribution is 6.35. The topological polar surface area (TPSA) is 28.4 Å². The van der Waals surface area contributed by atoms with Gasteiger partial charge in [-0.25, -0.2) is 0 Å². The van der Waals surface area contributed by atoms with E-state index in [0.717, 1.165) is 17.1 Å². The van der Waals surface area contributed by atoms with Crippen molar-refractivity contribution in [2.24, 2.45) is 0 Å². The number of aliphatic hydroxyl groups excluding tert-OH is 1. The normalized spacial score (nSPS) is 20.6. The molecule has 1 aromatic heterocycles. The van der Waals surface area contributed by atoms with E-state index < -0.39 is 0 Å². The van der Waals surface area contributed by atoms with Gasteiger partial charge < -0.3 is 9.67 Å². The second-order valence-corrected chi connectivity index (χ2v) is 9.80. The fourth-order valence-electron chi connectivity index (χ4n) is 5.82. The smallest absolute Gasteiger partial charge is 0.0846 e. The maximum Gasteiger partial charge on any atom is 0.0846 e. The minimum atomic E-state index is -0.371. The van der Waals surface area contributed by atoms with Gasteiger partial charge in [0, 0.05) is 29.7 Å². The molecule has 4 heteroatoms. The Morgan fingerprint density at radius 3 is 2.17 bits per heavy atom. The first-order valence-electron chi connectivity index (χ1n) is 11.7. The Balaban J connectivity index is 1.54. The van der Waals surface area contributed by atoms with E-state index in [9.17, 15) is 5.11 Å². The maximum atomic E-state index is 11.2. The molecule has 4 rings (SSSR count). The highest BCUT2D eigenvalue weighted by atomic mass is 35.5. The van der Waals surface area contributed by atoms with E-state index in [1.54, 1.807) is 0 Å². The predicted octanol–water partition coefficient (Wildman–Crippen LogP) is 6.24. The Kier molecular flexibility index (Phi) is 6.88. The molecule has 29 heavy (non-hydrogen) atoms. The minimum absolute atomic E-state index is 0.371. The van der Waals surface area contributed by atoms with E-state index in [4.69, 9.17) is 11.6 Å². The molecule has 1 N–H and O–H groups in total. The molecular formula is C25H37ClN2O. The second kappa shape index (κ2) is 9.41. The van der Waals surface area contributed by atoms with Gasteiger partial charge >= 0.3 is 0 Å². The third kappa shape index (κ3) is 4.52. The molecule has 2 fully saturated rings. The number of halogens is 1. The molecule has 0 aliphatic heterocycles. The van der Waals surface area contributed by atoms with E-state index >= 15 is 0 Å². The molecule has 1 atom stereocenters. The van der Waals surface area contributed by atoms with E-state index in [2.05, 4.69) is 29.4 Å². The number of fused-ring (bicyclic) bond motifs is 1. The summed E-state index contributed by atoms with van der Waals surface area (Å²) < 4.78 is 2.25. The molecule has 2 aromatic rings. The van der Waals surface area contributed by atoms with Crippen LogP contribution in [0.3, 0.4) is 0 Å². The lowest BCUT2D eigenvalue weighted by molar-refractivity contribution is 0.0236. The summed E-state index contributed by atoms with van der Waals surface area (Å²) in [5, 5.41) is 13.2. The second-order valence-electron chi connectivity index (χ2n) is 9.39. The first kappa shape index (κ1) is 21.2. The number of aryl methyl sites for hydroxylation is 1. The van der Waals surface area contributed by atoms with Crippen molar-refractivity contribution in [3.05, 3.63) is 34.5 Å². The molecular weight excluding hydrogens is 380 g/mol. The Hall–Kier alpha value is -1.03. The molecule has 2 aliphatic rings. The molecule has 1 heterocycles. The summed E-state index contributed by atoms with van der Waals surface area (Å²) in [6, 6.07) is 7.44. The van der Waals surface area contributed by atoms with Crippen LogP contribution in [0.25, 0.3) is 10.9 Å². The summed E-state index contributed by atoms with van der Waals surface area (Å²) in [5.41, 5.74) is 3.56. The van der Waals surface area contributed by atoms with Gasteiger partial charge in [0.15, 0.2) is 0 Å². The van der Waals surface area contributed by atoms with Crippen LogP contribution in [-0.4, -0.2) is 39.3 Å². The highest BCUT2D eigenvalue weighted by Gasteiger charge is 2.30. The number of para-hydroxylation sites is 1. The number of benzene rings is 1. The first-order valence-corrected chi connectivity index (χ1v) is 12.1. The minimum Gasteiger partial charge on any atom is -0.390 e. The van der Waals surface area contributed by atoms with Gasteiger partial charge in [0.25, 0.3) is 0 Å². The highest BCUT2D eigenvalue weighted by Crippen LogP contribution is 2.33. The zero-order valence-electron chi connectivity index (χ0n) is 18.2. The van der Waals surface area contributed by atoms with Crippen LogP contribution in [0.4, 0.5) is 0 Å². The number of hydrogen-bond donors (Lipinski definition) is 1. The van der Waals surface area contributed by atoms with Gasteiger partial charge in [-0.15, -0.1) is 0 Å². The van der Waals surface area contributed by atoms with Crippen molar-refractivity contribution in [3.63, 3.8) is 0 Å². The molecule has 160 valence electrons. The molecule has 0 bridgehead atoms. The number of hydrogen-bond acceptors (Lipinski definition) is 2. The summed E-state index contributed by atoms with van der Waals surface area (Å²) >= 11 is 6.57. The maximum absolute atomic E-state index is 11.2. The lowest BCUT2D eigenvalue weighted by Crippen LogP contribution is -2.49. The molecule has 2 saturated carbocycles. The van der Waals surface area contributed by atoms with Gasteiger partial charge in [0.1, 0.15) is 0 Å². The summed E-state index contributed by atoms with van der Waals surface area (Å²) in [5.74, 6) is 0. The average Bonchev–Trinajstić information content (AvgIpc) is 2.99. The van der Waals surface area contributed by atoms with E-state index in [-0.39, 0.29) is 6.10 Å². The van der Waals surface area contributed by atoms with Gasteiger partial charge in [-0.3, -0.25) is 4.90 Å². The Morgan fingerprint density at radius 1 is 1.00 bits per heavy atom. The molecule has 0 spiro atoms. The lowest BCUT2D eigenvalue weighted by atomic mass is 9.88. The average molecular weight is 417 g/mol. The summed E-state index contributed by atoms with van der Waals surface area (Å²) in [7, 11) is 0. The predicted molar refractivity (Wildman–Crippen MR) is 123 cm³/mol.